The van der Waals surface area contributed by atoms with Crippen molar-refractivity contribution in [3.63, 3.8) is 0 Å². The Morgan fingerprint density at radius 3 is 1.19 bits per heavy atom. The van der Waals surface area contributed by atoms with Crippen LogP contribution in [0.2, 0.25) is 0 Å². The molecule has 134 valence electrons. The predicted molar refractivity (Wildman–Crippen MR) is 83.8 cm³/mol. The summed E-state index contributed by atoms with van der Waals surface area (Å²) in [5.41, 5.74) is -0.728. The molecule has 1 unspecified atom stereocenters. The zero-order valence-electron chi connectivity index (χ0n) is 14.3. The molecule has 0 saturated carbocycles. The Kier molecular flexibility index (Phi) is 51.2. The van der Waals surface area contributed by atoms with E-state index >= 15 is 0 Å². The molecular formula is C14H38O6Ti. The molecule has 0 aliphatic heterocycles. The summed E-state index contributed by atoms with van der Waals surface area (Å²) in [4.78, 5) is 0. The minimum Gasteiger partial charge on any atom is -0.412 e. The minimum atomic E-state index is -0.728. The van der Waals surface area contributed by atoms with Gasteiger partial charge in [-0.2, -0.15) is 0 Å². The number of unbranched alkanes of at least 4 members (excludes halogenated alkanes) is 2. The van der Waals surface area contributed by atoms with Crippen LogP contribution in [0, 0.1) is 0 Å². The normalized spacial score (nSPS) is 10.1. The Morgan fingerprint density at radius 2 is 1.19 bits per heavy atom. The molecule has 0 aromatic heterocycles. The summed E-state index contributed by atoms with van der Waals surface area (Å²) >= 11 is 0. The molecule has 0 bridgehead atoms. The molecule has 0 saturated heterocycles. The van der Waals surface area contributed by atoms with Crippen LogP contribution in [-0.4, -0.2) is 56.3 Å². The van der Waals surface area contributed by atoms with Crippen LogP contribution in [0.15, 0.2) is 0 Å². The fourth-order valence-electron chi connectivity index (χ4n) is 1.04. The molecule has 0 aliphatic rings. The van der Waals surface area contributed by atoms with E-state index in [1.165, 1.54) is 0 Å². The van der Waals surface area contributed by atoms with Crippen molar-refractivity contribution >= 4 is 0 Å². The van der Waals surface area contributed by atoms with E-state index < -0.39 is 11.7 Å². The fraction of sp³-hybridized carbons (Fsp3) is 1.00. The molecule has 0 fully saturated rings. The van der Waals surface area contributed by atoms with Crippen molar-refractivity contribution in [3.05, 3.63) is 0 Å². The van der Waals surface area contributed by atoms with Gasteiger partial charge in [0.05, 0.1) is 11.7 Å². The first-order valence-corrected chi connectivity index (χ1v) is 6.87. The van der Waals surface area contributed by atoms with E-state index in [1.54, 1.807) is 20.8 Å². The Morgan fingerprint density at radius 1 is 0.905 bits per heavy atom. The van der Waals surface area contributed by atoms with E-state index in [0.717, 1.165) is 25.7 Å². The summed E-state index contributed by atoms with van der Waals surface area (Å²) in [6.07, 6.45) is 4.11. The van der Waals surface area contributed by atoms with E-state index in [2.05, 4.69) is 13.8 Å². The Bertz CT molecular complexity index is 130. The molecule has 1 atom stereocenters. The molecule has 0 spiro atoms. The average molecular weight is 350 g/mol. The third-order valence-corrected chi connectivity index (χ3v) is 1.82. The maximum absolute atomic E-state index is 9.03. The zero-order chi connectivity index (χ0) is 15.0. The molecule has 6 nitrogen and oxygen atoms in total. The van der Waals surface area contributed by atoms with Gasteiger partial charge in [0.15, 0.2) is 0 Å². The van der Waals surface area contributed by atoms with Gasteiger partial charge in [-0.25, -0.2) is 0 Å². The number of hydrogen-bond donors (Lipinski definition) is 4. The van der Waals surface area contributed by atoms with E-state index in [1.807, 2.05) is 0 Å². The largest absolute Gasteiger partial charge is 0.412 e. The van der Waals surface area contributed by atoms with Crippen LogP contribution >= 0.6 is 0 Å². The molecule has 0 aliphatic carbocycles. The van der Waals surface area contributed by atoms with E-state index in [4.69, 9.17) is 20.4 Å². The van der Waals surface area contributed by atoms with Crippen LogP contribution in [0.4, 0.5) is 0 Å². The molecule has 0 aromatic rings. The maximum Gasteiger partial charge on any atom is 0.0616 e. The van der Waals surface area contributed by atoms with Gasteiger partial charge in [-0.15, -0.1) is 0 Å². The first-order chi connectivity index (χ1) is 8.24. The van der Waals surface area contributed by atoms with E-state index in [0.29, 0.717) is 19.6 Å². The third-order valence-electron chi connectivity index (χ3n) is 1.82. The van der Waals surface area contributed by atoms with Gasteiger partial charge in [-0.3, -0.25) is 0 Å². The second-order valence-electron chi connectivity index (χ2n) is 5.02. The van der Waals surface area contributed by atoms with Crippen molar-refractivity contribution < 1.29 is 53.1 Å². The van der Waals surface area contributed by atoms with Gasteiger partial charge in [0.25, 0.3) is 0 Å². The van der Waals surface area contributed by atoms with Crippen molar-refractivity contribution in [1.29, 1.82) is 0 Å². The van der Waals surface area contributed by atoms with Gasteiger partial charge >= 0.3 is 0 Å². The third kappa shape index (κ3) is 77.8. The monoisotopic (exact) mass is 350 g/mol. The number of aliphatic hydroxyl groups is 4. The first kappa shape index (κ1) is 37.6. The van der Waals surface area contributed by atoms with E-state index in [9.17, 15) is 0 Å². The quantitative estimate of drug-likeness (QED) is 0.515. The van der Waals surface area contributed by atoms with Crippen LogP contribution in [0.5, 0.6) is 0 Å². The van der Waals surface area contributed by atoms with Crippen LogP contribution in [0.3, 0.4) is 0 Å². The molecular weight excluding hydrogens is 312 g/mol. The molecule has 0 aromatic carbocycles. The van der Waals surface area contributed by atoms with Crippen molar-refractivity contribution in [3.8, 4) is 0 Å². The van der Waals surface area contributed by atoms with Gasteiger partial charge in [0.2, 0.25) is 0 Å². The number of hydrogen-bond acceptors (Lipinski definition) is 4. The Labute approximate surface area is 145 Å². The molecule has 7 heteroatoms. The second kappa shape index (κ2) is 28.6. The first-order valence-electron chi connectivity index (χ1n) is 6.87. The van der Waals surface area contributed by atoms with Crippen molar-refractivity contribution in [2.24, 2.45) is 0 Å². The molecule has 0 radical (unpaired) electrons. The average Bonchev–Trinajstić information content (AvgIpc) is 2.18. The zero-order valence-corrected chi connectivity index (χ0v) is 15.9. The van der Waals surface area contributed by atoms with Gasteiger partial charge < -0.3 is 31.4 Å². The van der Waals surface area contributed by atoms with Gasteiger partial charge in [0.1, 0.15) is 0 Å². The van der Waals surface area contributed by atoms with Crippen LogP contribution in [0.1, 0.15) is 66.7 Å². The number of aliphatic hydroxyl groups excluding tert-OH is 3. The van der Waals surface area contributed by atoms with Crippen molar-refractivity contribution in [1.82, 2.24) is 0 Å². The Balaban J connectivity index is -0.0000000389. The number of rotatable bonds is 6. The molecule has 21 heavy (non-hydrogen) atoms. The SMILES string of the molecule is CC(O)CC(C)(C)O.CCCCO.CCCCO.O.O.[Ti]. The second-order valence-corrected chi connectivity index (χ2v) is 5.02. The summed E-state index contributed by atoms with van der Waals surface area (Å²) in [6, 6.07) is 0. The summed E-state index contributed by atoms with van der Waals surface area (Å²) in [5.74, 6) is 0. The summed E-state index contributed by atoms with van der Waals surface area (Å²) in [6.45, 7) is 9.82. The standard InChI is InChI=1S/C6H14O2.2C4H10O.2H2O.Ti/c1-5(7)4-6(2,3)8;2*1-2-3-4-5;;;/h5,7-8H,4H2,1-3H3;2*5H,2-4H2,1H3;2*1H2;. The van der Waals surface area contributed by atoms with Gasteiger partial charge in [0, 0.05) is 41.4 Å². The predicted octanol–water partition coefficient (Wildman–Crippen LogP) is 0.434. The topological polar surface area (TPSA) is 144 Å². The summed E-state index contributed by atoms with van der Waals surface area (Å²) in [5, 5.41) is 33.9. The minimum absolute atomic E-state index is 0. The van der Waals surface area contributed by atoms with Crippen molar-refractivity contribution in [2.75, 3.05) is 13.2 Å². The Hall–Kier alpha value is 0.474. The molecule has 8 N–H and O–H groups in total. The van der Waals surface area contributed by atoms with Gasteiger partial charge in [-0.1, -0.05) is 26.7 Å². The molecule has 0 heterocycles. The van der Waals surface area contributed by atoms with Crippen LogP contribution in [0.25, 0.3) is 0 Å². The van der Waals surface area contributed by atoms with Gasteiger partial charge in [-0.05, 0) is 33.6 Å². The summed E-state index contributed by atoms with van der Waals surface area (Å²) in [7, 11) is 0. The maximum atomic E-state index is 9.03. The molecule has 0 rings (SSSR count). The van der Waals surface area contributed by atoms with Crippen LogP contribution < -0.4 is 0 Å². The summed E-state index contributed by atoms with van der Waals surface area (Å²) < 4.78 is 0. The van der Waals surface area contributed by atoms with Crippen LogP contribution in [-0.2, 0) is 21.7 Å². The fourth-order valence-corrected chi connectivity index (χ4v) is 1.04. The van der Waals surface area contributed by atoms with E-state index in [-0.39, 0.29) is 32.7 Å². The molecule has 0 amide bonds. The van der Waals surface area contributed by atoms with Crippen molar-refractivity contribution in [2.45, 2.75) is 78.4 Å². The smallest absolute Gasteiger partial charge is 0.0616 e.